The van der Waals surface area contributed by atoms with E-state index >= 15 is 0 Å². The van der Waals surface area contributed by atoms with Gasteiger partial charge in [0.15, 0.2) is 0 Å². The Kier molecular flexibility index (Phi) is 5.20. The summed E-state index contributed by atoms with van der Waals surface area (Å²) in [7, 11) is -3.27. The Balaban J connectivity index is 2.60. The Labute approximate surface area is 102 Å². The van der Waals surface area contributed by atoms with Gasteiger partial charge in [-0.15, -0.1) is 0 Å². The first-order valence-corrected chi connectivity index (χ1v) is 7.51. The molecule has 1 atom stereocenters. The molecule has 0 aliphatic heterocycles. The summed E-state index contributed by atoms with van der Waals surface area (Å²) in [6, 6.07) is -0.295. The van der Waals surface area contributed by atoms with Crippen LogP contribution >= 0.6 is 0 Å². The molecule has 4 N–H and O–H groups in total. The lowest BCUT2D eigenvalue weighted by Crippen LogP contribution is -2.41. The monoisotopic (exact) mass is 263 g/mol. The van der Waals surface area contributed by atoms with Crippen LogP contribution in [0.3, 0.4) is 0 Å². The molecule has 17 heavy (non-hydrogen) atoms. The summed E-state index contributed by atoms with van der Waals surface area (Å²) in [6.07, 6.45) is 4.26. The Morgan fingerprint density at radius 2 is 2.12 bits per heavy atom. The Hall–Kier alpha value is -0.820. The zero-order valence-corrected chi connectivity index (χ0v) is 10.9. The van der Waals surface area contributed by atoms with Gasteiger partial charge in [-0.05, 0) is 19.3 Å². The van der Waals surface area contributed by atoms with Crippen molar-refractivity contribution >= 4 is 15.9 Å². The van der Waals surface area contributed by atoms with Gasteiger partial charge in [-0.3, -0.25) is 0 Å². The molecule has 0 heterocycles. The van der Waals surface area contributed by atoms with Crippen LogP contribution in [0.2, 0.25) is 0 Å². The lowest BCUT2D eigenvalue weighted by atomic mass is 10.1. The van der Waals surface area contributed by atoms with E-state index in [1.165, 1.54) is 0 Å². The normalized spacial score (nSPS) is 20.6. The third-order valence-electron chi connectivity index (χ3n) is 3.15. The standard InChI is InChI=1S/C10H21N3O3S/c1-2-8(7-10(11)12-14)13-17(15,16)9-5-3-4-6-9/h8-9,13-14H,2-7H2,1H3,(H2,11,12). The van der Waals surface area contributed by atoms with Gasteiger partial charge in [0.25, 0.3) is 0 Å². The Morgan fingerprint density at radius 1 is 1.53 bits per heavy atom. The van der Waals surface area contributed by atoms with Crippen LogP contribution in [-0.4, -0.2) is 30.8 Å². The number of hydrogen-bond acceptors (Lipinski definition) is 4. The number of oxime groups is 1. The molecule has 0 bridgehead atoms. The zero-order chi connectivity index (χ0) is 12.9. The molecule has 7 heteroatoms. The van der Waals surface area contributed by atoms with Gasteiger partial charge < -0.3 is 10.9 Å². The van der Waals surface area contributed by atoms with Crippen molar-refractivity contribution in [1.29, 1.82) is 0 Å². The van der Waals surface area contributed by atoms with E-state index in [9.17, 15) is 8.42 Å². The molecule has 1 fully saturated rings. The van der Waals surface area contributed by atoms with E-state index in [4.69, 9.17) is 10.9 Å². The summed E-state index contributed by atoms with van der Waals surface area (Å²) in [5.74, 6) is 0.0472. The molecule has 0 saturated heterocycles. The van der Waals surface area contributed by atoms with Crippen molar-refractivity contribution in [3.8, 4) is 0 Å². The van der Waals surface area contributed by atoms with Crippen molar-refractivity contribution < 1.29 is 13.6 Å². The van der Waals surface area contributed by atoms with Gasteiger partial charge in [-0.1, -0.05) is 24.9 Å². The zero-order valence-electron chi connectivity index (χ0n) is 10.1. The maximum absolute atomic E-state index is 12.0. The lowest BCUT2D eigenvalue weighted by molar-refractivity contribution is 0.316. The maximum Gasteiger partial charge on any atom is 0.214 e. The molecule has 0 spiro atoms. The molecule has 0 radical (unpaired) electrons. The first kappa shape index (κ1) is 14.2. The molecule has 0 aromatic rings. The molecule has 6 nitrogen and oxygen atoms in total. The fraction of sp³-hybridized carbons (Fsp3) is 0.900. The fourth-order valence-electron chi connectivity index (χ4n) is 2.09. The topological polar surface area (TPSA) is 105 Å². The number of sulfonamides is 1. The molecule has 1 aliphatic rings. The second-order valence-electron chi connectivity index (χ2n) is 4.47. The van der Waals surface area contributed by atoms with E-state index in [1.54, 1.807) is 0 Å². The summed E-state index contributed by atoms with van der Waals surface area (Å²) in [6.45, 7) is 1.87. The average Bonchev–Trinajstić information content (AvgIpc) is 2.81. The summed E-state index contributed by atoms with van der Waals surface area (Å²) in [5, 5.41) is 11.1. The number of hydrogen-bond donors (Lipinski definition) is 3. The minimum Gasteiger partial charge on any atom is -0.409 e. The van der Waals surface area contributed by atoms with Gasteiger partial charge in [0.05, 0.1) is 5.25 Å². The van der Waals surface area contributed by atoms with Gasteiger partial charge in [-0.25, -0.2) is 13.1 Å². The van der Waals surface area contributed by atoms with E-state index < -0.39 is 10.0 Å². The van der Waals surface area contributed by atoms with Crippen LogP contribution in [0.1, 0.15) is 45.4 Å². The van der Waals surface area contributed by atoms with Crippen molar-refractivity contribution in [2.24, 2.45) is 10.9 Å². The Bertz CT molecular complexity index is 361. The molecule has 1 unspecified atom stereocenters. The quantitative estimate of drug-likeness (QED) is 0.285. The van der Waals surface area contributed by atoms with Crippen LogP contribution in [0.5, 0.6) is 0 Å². The van der Waals surface area contributed by atoms with Crippen molar-refractivity contribution in [2.75, 3.05) is 0 Å². The van der Waals surface area contributed by atoms with E-state index in [1.807, 2.05) is 6.92 Å². The smallest absolute Gasteiger partial charge is 0.214 e. The van der Waals surface area contributed by atoms with Gasteiger partial charge >= 0.3 is 0 Å². The predicted octanol–water partition coefficient (Wildman–Crippen LogP) is 0.763. The molecule has 0 amide bonds. The number of nitrogens with two attached hydrogens (primary N) is 1. The minimum absolute atomic E-state index is 0.0472. The molecule has 1 rings (SSSR count). The fourth-order valence-corrected chi connectivity index (χ4v) is 3.95. The molecular formula is C10H21N3O3S. The third-order valence-corrected chi connectivity index (χ3v) is 5.16. The first-order chi connectivity index (χ1) is 7.99. The van der Waals surface area contributed by atoms with Gasteiger partial charge in [0, 0.05) is 12.5 Å². The van der Waals surface area contributed by atoms with E-state index in [2.05, 4.69) is 9.88 Å². The van der Waals surface area contributed by atoms with Gasteiger partial charge in [-0.2, -0.15) is 0 Å². The van der Waals surface area contributed by atoms with E-state index in [0.717, 1.165) is 25.7 Å². The molecule has 100 valence electrons. The average molecular weight is 263 g/mol. The highest BCUT2D eigenvalue weighted by Gasteiger charge is 2.30. The predicted molar refractivity (Wildman–Crippen MR) is 66.4 cm³/mol. The van der Waals surface area contributed by atoms with Crippen LogP contribution in [0.25, 0.3) is 0 Å². The highest BCUT2D eigenvalue weighted by molar-refractivity contribution is 7.90. The van der Waals surface area contributed by atoms with Crippen LogP contribution in [-0.2, 0) is 10.0 Å². The summed E-state index contributed by atoms with van der Waals surface area (Å²) < 4.78 is 26.7. The van der Waals surface area contributed by atoms with Crippen molar-refractivity contribution in [3.63, 3.8) is 0 Å². The van der Waals surface area contributed by atoms with Crippen molar-refractivity contribution in [2.45, 2.75) is 56.7 Å². The summed E-state index contributed by atoms with van der Waals surface area (Å²) >= 11 is 0. The summed E-state index contributed by atoms with van der Waals surface area (Å²) in [4.78, 5) is 0. The third kappa shape index (κ3) is 4.16. The van der Waals surface area contributed by atoms with E-state index in [0.29, 0.717) is 6.42 Å². The molecular weight excluding hydrogens is 242 g/mol. The lowest BCUT2D eigenvalue weighted by Gasteiger charge is -2.19. The largest absolute Gasteiger partial charge is 0.409 e. The molecule has 1 aliphatic carbocycles. The number of rotatable bonds is 6. The van der Waals surface area contributed by atoms with Crippen LogP contribution in [0.15, 0.2) is 5.16 Å². The van der Waals surface area contributed by atoms with Crippen LogP contribution in [0.4, 0.5) is 0 Å². The molecule has 0 aromatic carbocycles. The SMILES string of the molecule is CCC(CC(N)=NO)NS(=O)(=O)C1CCCC1. The molecule has 1 saturated carbocycles. The van der Waals surface area contributed by atoms with Crippen molar-refractivity contribution in [3.05, 3.63) is 0 Å². The second kappa shape index (κ2) is 6.20. The highest BCUT2D eigenvalue weighted by atomic mass is 32.2. The highest BCUT2D eigenvalue weighted by Crippen LogP contribution is 2.24. The summed E-state index contributed by atoms with van der Waals surface area (Å²) in [5.41, 5.74) is 5.39. The molecule has 0 aromatic heterocycles. The maximum atomic E-state index is 12.0. The first-order valence-electron chi connectivity index (χ1n) is 5.97. The van der Waals surface area contributed by atoms with Crippen molar-refractivity contribution in [1.82, 2.24) is 4.72 Å². The second-order valence-corrected chi connectivity index (χ2v) is 6.46. The Morgan fingerprint density at radius 3 is 2.59 bits per heavy atom. The number of nitrogens with zero attached hydrogens (tertiary/aromatic N) is 1. The van der Waals surface area contributed by atoms with Crippen LogP contribution < -0.4 is 10.5 Å². The van der Waals surface area contributed by atoms with E-state index in [-0.39, 0.29) is 23.5 Å². The number of amidine groups is 1. The van der Waals surface area contributed by atoms with Crippen LogP contribution in [0, 0.1) is 0 Å². The number of nitrogens with one attached hydrogen (secondary N) is 1. The van der Waals surface area contributed by atoms with Gasteiger partial charge in [0.2, 0.25) is 10.0 Å². The minimum atomic E-state index is -3.27. The van der Waals surface area contributed by atoms with Gasteiger partial charge in [0.1, 0.15) is 5.84 Å².